The molecule has 0 fully saturated rings. The van der Waals surface area contributed by atoms with Gasteiger partial charge in [-0.2, -0.15) is 0 Å². The van der Waals surface area contributed by atoms with Crippen LogP contribution in [0.1, 0.15) is 31.2 Å². The van der Waals surface area contributed by atoms with Gasteiger partial charge in [-0.3, -0.25) is 0 Å². The molecule has 0 atom stereocenters. The number of unbranched alkanes of at least 4 members (excludes halogenated alkanes) is 2. The van der Waals surface area contributed by atoms with E-state index in [-0.39, 0.29) is 0 Å². The van der Waals surface area contributed by atoms with Gasteiger partial charge in [-0.05, 0) is 50.8 Å². The molecule has 2 heteroatoms. The van der Waals surface area contributed by atoms with E-state index in [1.165, 1.54) is 31.2 Å². The van der Waals surface area contributed by atoms with Crippen LogP contribution in [-0.2, 0) is 11.2 Å². The molecule has 1 rings (SSSR count). The van der Waals surface area contributed by atoms with Gasteiger partial charge in [-0.1, -0.05) is 30.3 Å². The second kappa shape index (κ2) is 10.3. The summed E-state index contributed by atoms with van der Waals surface area (Å²) >= 11 is 0. The molecule has 1 aromatic carbocycles. The van der Waals surface area contributed by atoms with E-state index in [0.29, 0.717) is 0 Å². The van der Waals surface area contributed by atoms with Crippen molar-refractivity contribution < 1.29 is 4.74 Å². The van der Waals surface area contributed by atoms with Crippen LogP contribution in [-0.4, -0.2) is 26.8 Å². The average Bonchev–Trinajstić information content (AvgIpc) is 2.38. The molecule has 0 saturated heterocycles. The third kappa shape index (κ3) is 7.94. The summed E-state index contributed by atoms with van der Waals surface area (Å²) in [7, 11) is 1.76. The quantitative estimate of drug-likeness (QED) is 0.629. The molecule has 96 valence electrons. The first kappa shape index (κ1) is 14.2. The van der Waals surface area contributed by atoms with Crippen LogP contribution < -0.4 is 5.32 Å². The summed E-state index contributed by atoms with van der Waals surface area (Å²) in [4.78, 5) is 0. The van der Waals surface area contributed by atoms with Crippen LogP contribution in [0.2, 0.25) is 0 Å². The Labute approximate surface area is 105 Å². The zero-order valence-electron chi connectivity index (χ0n) is 11.0. The van der Waals surface area contributed by atoms with Gasteiger partial charge in [0.1, 0.15) is 0 Å². The van der Waals surface area contributed by atoms with Gasteiger partial charge >= 0.3 is 0 Å². The summed E-state index contributed by atoms with van der Waals surface area (Å²) in [6, 6.07) is 10.7. The maximum absolute atomic E-state index is 5.01. The summed E-state index contributed by atoms with van der Waals surface area (Å²) in [5.41, 5.74) is 1.45. The number of ether oxygens (including phenoxy) is 1. The van der Waals surface area contributed by atoms with Crippen LogP contribution in [0.4, 0.5) is 0 Å². The van der Waals surface area contributed by atoms with Gasteiger partial charge in [0.05, 0.1) is 0 Å². The minimum atomic E-state index is 0.885. The van der Waals surface area contributed by atoms with E-state index in [0.717, 1.165) is 26.1 Å². The third-order valence-electron chi connectivity index (χ3n) is 2.86. The predicted octanol–water partition coefficient (Wildman–Crippen LogP) is 3.03. The second-order valence-electron chi connectivity index (χ2n) is 4.39. The van der Waals surface area contributed by atoms with Gasteiger partial charge in [0.25, 0.3) is 0 Å². The SMILES string of the molecule is COCCCCNCCCCc1ccccc1. The molecular weight excluding hydrogens is 210 g/mol. The number of nitrogens with one attached hydrogen (secondary N) is 1. The molecule has 1 aromatic rings. The fourth-order valence-corrected chi connectivity index (χ4v) is 1.85. The molecule has 0 radical (unpaired) electrons. The molecule has 0 aliphatic heterocycles. The Balaban J connectivity index is 1.85. The van der Waals surface area contributed by atoms with Gasteiger partial charge in [0.15, 0.2) is 0 Å². The number of methoxy groups -OCH3 is 1. The summed E-state index contributed by atoms with van der Waals surface area (Å²) < 4.78 is 5.01. The number of aryl methyl sites for hydroxylation is 1. The Morgan fingerprint density at radius 1 is 0.941 bits per heavy atom. The van der Waals surface area contributed by atoms with Crippen LogP contribution in [0.25, 0.3) is 0 Å². The van der Waals surface area contributed by atoms with Crippen molar-refractivity contribution in [2.24, 2.45) is 0 Å². The van der Waals surface area contributed by atoms with Crippen LogP contribution in [0.15, 0.2) is 30.3 Å². The number of hydrogen-bond acceptors (Lipinski definition) is 2. The Hall–Kier alpha value is -0.860. The van der Waals surface area contributed by atoms with Crippen molar-refractivity contribution in [3.8, 4) is 0 Å². The topological polar surface area (TPSA) is 21.3 Å². The third-order valence-corrected chi connectivity index (χ3v) is 2.86. The summed E-state index contributed by atoms with van der Waals surface area (Å²) in [6.07, 6.45) is 6.11. The smallest absolute Gasteiger partial charge is 0.0462 e. The van der Waals surface area contributed by atoms with Crippen molar-refractivity contribution >= 4 is 0 Å². The lowest BCUT2D eigenvalue weighted by Crippen LogP contribution is -2.17. The molecule has 2 nitrogen and oxygen atoms in total. The van der Waals surface area contributed by atoms with E-state index in [9.17, 15) is 0 Å². The van der Waals surface area contributed by atoms with E-state index < -0.39 is 0 Å². The van der Waals surface area contributed by atoms with Crippen LogP contribution in [0.3, 0.4) is 0 Å². The van der Waals surface area contributed by atoms with Gasteiger partial charge in [-0.15, -0.1) is 0 Å². The summed E-state index contributed by atoms with van der Waals surface area (Å²) in [6.45, 7) is 3.14. The Kier molecular flexibility index (Phi) is 8.61. The standard InChI is InChI=1S/C15H25NO/c1-17-14-8-7-13-16-12-6-5-11-15-9-3-2-4-10-15/h2-4,9-10,16H,5-8,11-14H2,1H3. The summed E-state index contributed by atoms with van der Waals surface area (Å²) in [5, 5.41) is 3.48. The Morgan fingerprint density at radius 3 is 2.35 bits per heavy atom. The molecule has 0 saturated carbocycles. The molecule has 0 bridgehead atoms. The predicted molar refractivity (Wildman–Crippen MR) is 73.4 cm³/mol. The minimum absolute atomic E-state index is 0.885. The lowest BCUT2D eigenvalue weighted by atomic mass is 10.1. The van der Waals surface area contributed by atoms with Crippen LogP contribution >= 0.6 is 0 Å². The highest BCUT2D eigenvalue weighted by Gasteiger charge is 1.92. The molecule has 0 aliphatic rings. The molecule has 1 N–H and O–H groups in total. The molecule has 0 unspecified atom stereocenters. The van der Waals surface area contributed by atoms with E-state index in [1.807, 2.05) is 0 Å². The van der Waals surface area contributed by atoms with Gasteiger partial charge in [0, 0.05) is 13.7 Å². The molecule has 0 aliphatic carbocycles. The van der Waals surface area contributed by atoms with E-state index in [4.69, 9.17) is 4.74 Å². The maximum Gasteiger partial charge on any atom is 0.0462 e. The monoisotopic (exact) mass is 235 g/mol. The van der Waals surface area contributed by atoms with Crippen molar-refractivity contribution in [2.75, 3.05) is 26.8 Å². The van der Waals surface area contributed by atoms with Crippen LogP contribution in [0.5, 0.6) is 0 Å². The van der Waals surface area contributed by atoms with Crippen molar-refractivity contribution in [3.63, 3.8) is 0 Å². The summed E-state index contributed by atoms with van der Waals surface area (Å²) in [5.74, 6) is 0. The Bertz CT molecular complexity index is 261. The van der Waals surface area contributed by atoms with Crippen molar-refractivity contribution in [1.82, 2.24) is 5.32 Å². The lowest BCUT2D eigenvalue weighted by Gasteiger charge is -2.04. The van der Waals surface area contributed by atoms with E-state index in [2.05, 4.69) is 35.6 Å². The fourth-order valence-electron chi connectivity index (χ4n) is 1.85. The highest BCUT2D eigenvalue weighted by Crippen LogP contribution is 2.03. The fraction of sp³-hybridized carbons (Fsp3) is 0.600. The van der Waals surface area contributed by atoms with Gasteiger partial charge in [0.2, 0.25) is 0 Å². The number of hydrogen-bond donors (Lipinski definition) is 1. The van der Waals surface area contributed by atoms with Crippen molar-refractivity contribution in [2.45, 2.75) is 32.1 Å². The molecular formula is C15H25NO. The molecule has 0 amide bonds. The number of benzene rings is 1. The minimum Gasteiger partial charge on any atom is -0.385 e. The first-order valence-corrected chi connectivity index (χ1v) is 6.67. The second-order valence-corrected chi connectivity index (χ2v) is 4.39. The molecule has 17 heavy (non-hydrogen) atoms. The average molecular weight is 235 g/mol. The van der Waals surface area contributed by atoms with Gasteiger partial charge in [-0.25, -0.2) is 0 Å². The molecule has 0 spiro atoms. The van der Waals surface area contributed by atoms with Crippen LogP contribution in [0, 0.1) is 0 Å². The highest BCUT2D eigenvalue weighted by molar-refractivity contribution is 5.14. The Morgan fingerprint density at radius 2 is 1.65 bits per heavy atom. The lowest BCUT2D eigenvalue weighted by molar-refractivity contribution is 0.192. The first-order chi connectivity index (χ1) is 8.43. The van der Waals surface area contributed by atoms with E-state index >= 15 is 0 Å². The zero-order valence-corrected chi connectivity index (χ0v) is 11.0. The largest absolute Gasteiger partial charge is 0.385 e. The van der Waals surface area contributed by atoms with Crippen molar-refractivity contribution in [3.05, 3.63) is 35.9 Å². The zero-order chi connectivity index (χ0) is 12.2. The molecule has 0 heterocycles. The first-order valence-electron chi connectivity index (χ1n) is 6.67. The van der Waals surface area contributed by atoms with Gasteiger partial charge < -0.3 is 10.1 Å². The number of rotatable bonds is 10. The van der Waals surface area contributed by atoms with E-state index in [1.54, 1.807) is 7.11 Å². The van der Waals surface area contributed by atoms with Crippen molar-refractivity contribution in [1.29, 1.82) is 0 Å². The highest BCUT2D eigenvalue weighted by atomic mass is 16.5. The maximum atomic E-state index is 5.01. The normalized spacial score (nSPS) is 10.6. The molecule has 0 aromatic heterocycles.